The van der Waals surface area contributed by atoms with Gasteiger partial charge in [0.15, 0.2) is 10.5 Å². The largest absolute Gasteiger partial charge is 0.481 e. The Labute approximate surface area is 108 Å². The van der Waals surface area contributed by atoms with E-state index in [0.29, 0.717) is 5.65 Å². The maximum absolute atomic E-state index is 11.3. The molecule has 0 aromatic carbocycles. The van der Waals surface area contributed by atoms with Gasteiger partial charge in [-0.3, -0.25) is 4.79 Å². The van der Waals surface area contributed by atoms with Crippen LogP contribution in [0.4, 0.5) is 0 Å². The van der Waals surface area contributed by atoms with E-state index < -0.39 is 5.97 Å². The number of carboxylic acids is 1. The fraction of sp³-hybridized carbons (Fsp3) is 0.500. The van der Waals surface area contributed by atoms with Gasteiger partial charge >= 0.3 is 5.97 Å². The summed E-state index contributed by atoms with van der Waals surface area (Å²) in [5.41, 5.74) is 0.632. The van der Waals surface area contributed by atoms with Crippen LogP contribution < -0.4 is 0 Å². The van der Waals surface area contributed by atoms with E-state index in [2.05, 4.69) is 15.0 Å². The maximum Gasteiger partial charge on any atom is 0.307 e. The number of hydrogen-bond donors (Lipinski definition) is 1. The van der Waals surface area contributed by atoms with E-state index in [1.165, 1.54) is 11.3 Å². The van der Waals surface area contributed by atoms with Gasteiger partial charge in [0, 0.05) is 18.3 Å². The first kappa shape index (κ1) is 11.5. The van der Waals surface area contributed by atoms with Crippen molar-refractivity contribution in [3.63, 3.8) is 0 Å². The SMILES string of the molecule is O=C(O)C1CCCCC1c1nc2nccnc2s1. The third-order valence-electron chi connectivity index (χ3n) is 3.46. The van der Waals surface area contributed by atoms with E-state index in [-0.39, 0.29) is 11.8 Å². The lowest BCUT2D eigenvalue weighted by Gasteiger charge is -2.26. The molecule has 1 fully saturated rings. The molecule has 2 unspecified atom stereocenters. The first-order chi connectivity index (χ1) is 8.75. The summed E-state index contributed by atoms with van der Waals surface area (Å²) in [6.45, 7) is 0. The number of nitrogens with zero attached hydrogens (tertiary/aromatic N) is 3. The molecule has 5 nitrogen and oxygen atoms in total. The van der Waals surface area contributed by atoms with Crippen LogP contribution in [0.2, 0.25) is 0 Å². The molecule has 2 heterocycles. The zero-order chi connectivity index (χ0) is 12.5. The highest BCUT2D eigenvalue weighted by Gasteiger charge is 2.34. The third kappa shape index (κ3) is 1.96. The second-order valence-electron chi connectivity index (χ2n) is 4.57. The number of thiazole rings is 1. The molecule has 1 N–H and O–H groups in total. The Hall–Kier alpha value is -1.56. The molecule has 0 saturated heterocycles. The first-order valence-corrected chi connectivity index (χ1v) is 6.87. The van der Waals surface area contributed by atoms with Crippen molar-refractivity contribution < 1.29 is 9.90 Å². The van der Waals surface area contributed by atoms with Crippen LogP contribution in [0.15, 0.2) is 12.4 Å². The summed E-state index contributed by atoms with van der Waals surface area (Å²) in [4.78, 5) is 24.9. The minimum Gasteiger partial charge on any atom is -0.481 e. The van der Waals surface area contributed by atoms with Gasteiger partial charge in [-0.1, -0.05) is 24.2 Å². The quantitative estimate of drug-likeness (QED) is 0.900. The van der Waals surface area contributed by atoms with Gasteiger partial charge in [-0.25, -0.2) is 15.0 Å². The van der Waals surface area contributed by atoms with Crippen molar-refractivity contribution in [2.45, 2.75) is 31.6 Å². The van der Waals surface area contributed by atoms with E-state index in [4.69, 9.17) is 0 Å². The molecule has 94 valence electrons. The Morgan fingerprint density at radius 1 is 1.28 bits per heavy atom. The monoisotopic (exact) mass is 263 g/mol. The molecule has 0 amide bonds. The zero-order valence-corrected chi connectivity index (χ0v) is 10.6. The van der Waals surface area contributed by atoms with E-state index in [1.54, 1.807) is 12.4 Å². The van der Waals surface area contributed by atoms with Crippen LogP contribution in [0.5, 0.6) is 0 Å². The standard InChI is InChI=1S/C12H13N3O2S/c16-12(17)8-4-2-1-3-7(8)10-15-9-11(18-10)14-6-5-13-9/h5-8H,1-4H2,(H,16,17). The van der Waals surface area contributed by atoms with Gasteiger partial charge in [-0.05, 0) is 12.8 Å². The molecule has 1 aliphatic carbocycles. The van der Waals surface area contributed by atoms with E-state index in [1.807, 2.05) is 0 Å². The summed E-state index contributed by atoms with van der Waals surface area (Å²) in [5.74, 6) is -0.989. The minimum absolute atomic E-state index is 0.0252. The van der Waals surface area contributed by atoms with Crippen molar-refractivity contribution in [2.75, 3.05) is 0 Å². The van der Waals surface area contributed by atoms with Crippen molar-refractivity contribution in [2.24, 2.45) is 5.92 Å². The summed E-state index contributed by atoms with van der Waals surface area (Å²) in [7, 11) is 0. The molecule has 0 radical (unpaired) electrons. The molecule has 2 aromatic heterocycles. The van der Waals surface area contributed by atoms with Crippen LogP contribution in [-0.4, -0.2) is 26.0 Å². The van der Waals surface area contributed by atoms with Crippen LogP contribution in [0, 0.1) is 5.92 Å². The number of fused-ring (bicyclic) bond motifs is 1. The molecule has 2 aromatic rings. The first-order valence-electron chi connectivity index (χ1n) is 6.06. The number of aromatic nitrogens is 3. The number of hydrogen-bond acceptors (Lipinski definition) is 5. The highest BCUT2D eigenvalue weighted by Crippen LogP contribution is 2.40. The molecule has 0 aliphatic heterocycles. The van der Waals surface area contributed by atoms with Gasteiger partial charge in [0.2, 0.25) is 0 Å². The minimum atomic E-state index is -0.708. The normalized spacial score (nSPS) is 24.2. The van der Waals surface area contributed by atoms with E-state index in [9.17, 15) is 9.90 Å². The smallest absolute Gasteiger partial charge is 0.307 e. The van der Waals surface area contributed by atoms with Gasteiger partial charge in [-0.2, -0.15) is 0 Å². The highest BCUT2D eigenvalue weighted by molar-refractivity contribution is 7.18. The lowest BCUT2D eigenvalue weighted by atomic mass is 9.79. The second-order valence-corrected chi connectivity index (χ2v) is 5.58. The van der Waals surface area contributed by atoms with Crippen molar-refractivity contribution in [3.8, 4) is 0 Å². The van der Waals surface area contributed by atoms with Crippen LogP contribution in [0.3, 0.4) is 0 Å². The van der Waals surface area contributed by atoms with Gasteiger partial charge in [-0.15, -0.1) is 0 Å². The van der Waals surface area contributed by atoms with Gasteiger partial charge in [0.1, 0.15) is 5.01 Å². The molecule has 0 spiro atoms. The summed E-state index contributed by atoms with van der Waals surface area (Å²) in [5, 5.41) is 10.2. The lowest BCUT2D eigenvalue weighted by Crippen LogP contribution is -2.25. The number of rotatable bonds is 2. The Balaban J connectivity index is 1.98. The van der Waals surface area contributed by atoms with E-state index >= 15 is 0 Å². The predicted octanol–water partition coefficient (Wildman–Crippen LogP) is 2.44. The van der Waals surface area contributed by atoms with Crippen LogP contribution >= 0.6 is 11.3 Å². The molecule has 2 atom stereocenters. The van der Waals surface area contributed by atoms with Gasteiger partial charge < -0.3 is 5.11 Å². The summed E-state index contributed by atoms with van der Waals surface area (Å²) >= 11 is 1.48. The Bertz CT molecular complexity index is 550. The molecular weight excluding hydrogens is 250 g/mol. The Morgan fingerprint density at radius 2 is 2.06 bits per heavy atom. The van der Waals surface area contributed by atoms with Crippen LogP contribution in [0.1, 0.15) is 36.6 Å². The highest BCUT2D eigenvalue weighted by atomic mass is 32.1. The van der Waals surface area contributed by atoms with E-state index in [0.717, 1.165) is 35.5 Å². The van der Waals surface area contributed by atoms with Gasteiger partial charge in [0.25, 0.3) is 0 Å². The van der Waals surface area contributed by atoms with Crippen molar-refractivity contribution >= 4 is 27.8 Å². The van der Waals surface area contributed by atoms with Crippen LogP contribution in [-0.2, 0) is 4.79 Å². The lowest BCUT2D eigenvalue weighted by molar-refractivity contribution is -0.143. The van der Waals surface area contributed by atoms with Crippen molar-refractivity contribution in [3.05, 3.63) is 17.4 Å². The number of aliphatic carboxylic acids is 1. The average molecular weight is 263 g/mol. The molecule has 0 bridgehead atoms. The average Bonchev–Trinajstić information content (AvgIpc) is 2.82. The summed E-state index contributed by atoms with van der Waals surface area (Å²) < 4.78 is 0. The molecular formula is C12H13N3O2S. The topological polar surface area (TPSA) is 76.0 Å². The molecule has 6 heteroatoms. The molecule has 1 saturated carbocycles. The zero-order valence-electron chi connectivity index (χ0n) is 9.74. The summed E-state index contributed by atoms with van der Waals surface area (Å²) in [6, 6.07) is 0. The predicted molar refractivity (Wildman–Crippen MR) is 67.5 cm³/mol. The summed E-state index contributed by atoms with van der Waals surface area (Å²) in [6.07, 6.45) is 6.97. The van der Waals surface area contributed by atoms with Crippen molar-refractivity contribution in [1.82, 2.24) is 15.0 Å². The molecule has 3 rings (SSSR count). The van der Waals surface area contributed by atoms with Crippen LogP contribution in [0.25, 0.3) is 10.5 Å². The van der Waals surface area contributed by atoms with Gasteiger partial charge in [0.05, 0.1) is 5.92 Å². The second kappa shape index (κ2) is 4.61. The fourth-order valence-electron chi connectivity index (χ4n) is 2.57. The Morgan fingerprint density at radius 3 is 2.83 bits per heavy atom. The van der Waals surface area contributed by atoms with Crippen molar-refractivity contribution in [1.29, 1.82) is 0 Å². The Kier molecular flexibility index (Phi) is 2.95. The molecule has 18 heavy (non-hydrogen) atoms. The fourth-order valence-corrected chi connectivity index (χ4v) is 3.64. The maximum atomic E-state index is 11.3. The molecule has 1 aliphatic rings. The number of carboxylic acid groups (broad SMARTS) is 1. The number of carbonyl (C=O) groups is 1. The third-order valence-corrected chi connectivity index (χ3v) is 4.55.